The summed E-state index contributed by atoms with van der Waals surface area (Å²) in [5.41, 5.74) is -1.44. The van der Waals surface area contributed by atoms with Crippen LogP contribution in [0.15, 0.2) is 0 Å². The second-order valence-electron chi connectivity index (χ2n) is 6.77. The van der Waals surface area contributed by atoms with Crippen molar-refractivity contribution in [3.05, 3.63) is 0 Å². The first-order chi connectivity index (χ1) is 12.5. The van der Waals surface area contributed by atoms with Crippen LogP contribution in [0.4, 0.5) is 0 Å². The first-order valence-corrected chi connectivity index (χ1v) is 10.3. The Balaban J connectivity index is 5.52. The molecule has 0 aromatic heterocycles. The number of carbonyl (C=O) groups is 2. The van der Waals surface area contributed by atoms with E-state index >= 15 is 0 Å². The molecule has 0 rings (SSSR count). The van der Waals surface area contributed by atoms with E-state index in [1.165, 1.54) is 0 Å². The van der Waals surface area contributed by atoms with Crippen LogP contribution in [0.25, 0.3) is 0 Å². The molecule has 0 aliphatic heterocycles. The molecule has 2 unspecified atom stereocenters. The van der Waals surface area contributed by atoms with Gasteiger partial charge in [-0.05, 0) is 26.7 Å². The van der Waals surface area contributed by atoms with Crippen LogP contribution in [-0.4, -0.2) is 25.2 Å². The van der Waals surface area contributed by atoms with Crippen LogP contribution in [0.3, 0.4) is 0 Å². The summed E-state index contributed by atoms with van der Waals surface area (Å²) in [6.45, 7) is 8.13. The fraction of sp³-hybridized carbons (Fsp3) is 0.857. The van der Waals surface area contributed by atoms with Gasteiger partial charge in [-0.15, -0.1) is 0 Å². The van der Waals surface area contributed by atoms with Crippen LogP contribution in [0.2, 0.25) is 0 Å². The van der Waals surface area contributed by atoms with E-state index in [0.717, 1.165) is 51.4 Å². The molecule has 0 heterocycles. The van der Waals surface area contributed by atoms with E-state index < -0.39 is 23.3 Å². The maximum Gasteiger partial charge on any atom is 0.327 e. The second-order valence-corrected chi connectivity index (χ2v) is 6.77. The first kappa shape index (κ1) is 24.4. The molecule has 26 heavy (non-hydrogen) atoms. The summed E-state index contributed by atoms with van der Waals surface area (Å²) in [4.78, 5) is 25.4. The van der Waals surface area contributed by atoms with E-state index in [0.29, 0.717) is 12.8 Å². The van der Waals surface area contributed by atoms with Gasteiger partial charge in [-0.2, -0.15) is 5.26 Å². The summed E-state index contributed by atoms with van der Waals surface area (Å²) < 4.78 is 10.4. The van der Waals surface area contributed by atoms with Crippen molar-refractivity contribution in [2.45, 2.75) is 91.9 Å². The molecule has 5 nitrogen and oxygen atoms in total. The monoisotopic (exact) mass is 367 g/mol. The van der Waals surface area contributed by atoms with Gasteiger partial charge in [-0.25, -0.2) is 0 Å². The molecule has 0 amide bonds. The van der Waals surface area contributed by atoms with Crippen LogP contribution in [0.5, 0.6) is 0 Å². The quantitative estimate of drug-likeness (QED) is 0.294. The van der Waals surface area contributed by atoms with Crippen molar-refractivity contribution < 1.29 is 19.1 Å². The van der Waals surface area contributed by atoms with Crippen molar-refractivity contribution in [1.29, 1.82) is 5.26 Å². The Labute approximate surface area is 159 Å². The van der Waals surface area contributed by atoms with Gasteiger partial charge in [0.1, 0.15) is 0 Å². The van der Waals surface area contributed by atoms with Gasteiger partial charge in [0, 0.05) is 0 Å². The van der Waals surface area contributed by atoms with Crippen LogP contribution < -0.4 is 0 Å². The molecule has 0 aromatic rings. The Bertz CT molecular complexity index is 444. The average Bonchev–Trinajstić information content (AvgIpc) is 2.63. The molecule has 5 heteroatoms. The summed E-state index contributed by atoms with van der Waals surface area (Å²) >= 11 is 0. The van der Waals surface area contributed by atoms with Gasteiger partial charge in [0.15, 0.2) is 5.41 Å². The van der Waals surface area contributed by atoms with Crippen LogP contribution in [-0.2, 0) is 19.1 Å². The predicted octanol–water partition coefficient (Wildman–Crippen LogP) is 5.18. The lowest BCUT2D eigenvalue weighted by atomic mass is 9.70. The number of esters is 2. The highest BCUT2D eigenvalue weighted by molar-refractivity contribution is 5.88. The van der Waals surface area contributed by atoms with Crippen molar-refractivity contribution in [2.24, 2.45) is 11.3 Å². The lowest BCUT2D eigenvalue weighted by Crippen LogP contribution is -2.43. The van der Waals surface area contributed by atoms with Crippen molar-refractivity contribution in [2.75, 3.05) is 13.2 Å². The molecular weight excluding hydrogens is 330 g/mol. The van der Waals surface area contributed by atoms with Gasteiger partial charge in [-0.3, -0.25) is 9.59 Å². The zero-order valence-corrected chi connectivity index (χ0v) is 17.1. The third-order valence-corrected chi connectivity index (χ3v) is 4.78. The summed E-state index contributed by atoms with van der Waals surface area (Å²) in [6.07, 6.45) is 8.55. The van der Waals surface area contributed by atoms with Crippen molar-refractivity contribution in [3.8, 4) is 6.07 Å². The third kappa shape index (κ3) is 7.76. The van der Waals surface area contributed by atoms with E-state index in [-0.39, 0.29) is 13.2 Å². The Kier molecular flexibility index (Phi) is 13.7. The molecule has 2 atom stereocenters. The standard InChI is InChI=1S/C21H37NO4/c1-5-9-11-13-15-18(19(23)25-7-3)21(17-22,20(24)26-8-4)16-14-12-10-6-2/h18H,5-16H2,1-4H3. The van der Waals surface area contributed by atoms with Gasteiger partial charge >= 0.3 is 11.9 Å². The van der Waals surface area contributed by atoms with Crippen molar-refractivity contribution in [1.82, 2.24) is 0 Å². The Morgan fingerprint density at radius 1 is 0.885 bits per heavy atom. The summed E-state index contributed by atoms with van der Waals surface area (Å²) in [5.74, 6) is -1.79. The van der Waals surface area contributed by atoms with Gasteiger partial charge in [0.2, 0.25) is 0 Å². The molecule has 0 aliphatic rings. The highest BCUT2D eigenvalue weighted by Gasteiger charge is 2.51. The Morgan fingerprint density at radius 3 is 1.96 bits per heavy atom. The average molecular weight is 368 g/mol. The van der Waals surface area contributed by atoms with Crippen LogP contribution in [0.1, 0.15) is 91.9 Å². The molecule has 150 valence electrons. The normalized spacial score (nSPS) is 14.1. The van der Waals surface area contributed by atoms with Gasteiger partial charge in [-0.1, -0.05) is 65.2 Å². The predicted molar refractivity (Wildman–Crippen MR) is 102 cm³/mol. The number of hydrogen-bond acceptors (Lipinski definition) is 5. The zero-order valence-electron chi connectivity index (χ0n) is 17.1. The van der Waals surface area contributed by atoms with E-state index in [2.05, 4.69) is 19.9 Å². The van der Waals surface area contributed by atoms with E-state index in [9.17, 15) is 14.9 Å². The number of nitrogens with zero attached hydrogens (tertiary/aromatic N) is 1. The summed E-state index contributed by atoms with van der Waals surface area (Å²) in [5, 5.41) is 9.96. The number of nitriles is 1. The van der Waals surface area contributed by atoms with Gasteiger partial charge in [0.25, 0.3) is 0 Å². The molecule has 0 radical (unpaired) electrons. The van der Waals surface area contributed by atoms with Crippen molar-refractivity contribution >= 4 is 11.9 Å². The number of ether oxygens (including phenoxy) is 2. The van der Waals surface area contributed by atoms with Crippen LogP contribution in [0, 0.1) is 22.7 Å². The minimum absolute atomic E-state index is 0.197. The minimum Gasteiger partial charge on any atom is -0.466 e. The molecule has 0 saturated carbocycles. The lowest BCUT2D eigenvalue weighted by Gasteiger charge is -2.31. The number of unbranched alkanes of at least 4 members (excludes halogenated alkanes) is 6. The Hall–Kier alpha value is -1.57. The summed E-state index contributed by atoms with van der Waals surface area (Å²) in [7, 11) is 0. The molecule has 0 aromatic carbocycles. The summed E-state index contributed by atoms with van der Waals surface area (Å²) in [6, 6.07) is 2.18. The molecule has 0 spiro atoms. The minimum atomic E-state index is -1.44. The lowest BCUT2D eigenvalue weighted by molar-refractivity contribution is -0.166. The molecule has 0 bridgehead atoms. The number of rotatable bonds is 15. The van der Waals surface area contributed by atoms with E-state index in [1.807, 2.05) is 0 Å². The largest absolute Gasteiger partial charge is 0.466 e. The van der Waals surface area contributed by atoms with Crippen LogP contribution >= 0.6 is 0 Å². The van der Waals surface area contributed by atoms with E-state index in [4.69, 9.17) is 9.47 Å². The number of carbonyl (C=O) groups excluding carboxylic acids is 2. The van der Waals surface area contributed by atoms with Gasteiger partial charge in [0.05, 0.1) is 25.2 Å². The van der Waals surface area contributed by atoms with Gasteiger partial charge < -0.3 is 9.47 Å². The highest BCUT2D eigenvalue weighted by atomic mass is 16.5. The maximum absolute atomic E-state index is 12.7. The first-order valence-electron chi connectivity index (χ1n) is 10.3. The third-order valence-electron chi connectivity index (χ3n) is 4.78. The molecule has 0 fully saturated rings. The topological polar surface area (TPSA) is 76.4 Å². The highest BCUT2D eigenvalue weighted by Crippen LogP contribution is 2.39. The molecule has 0 saturated heterocycles. The number of hydrogen-bond donors (Lipinski definition) is 0. The maximum atomic E-state index is 12.7. The Morgan fingerprint density at radius 2 is 1.46 bits per heavy atom. The molecule has 0 aliphatic carbocycles. The van der Waals surface area contributed by atoms with Crippen molar-refractivity contribution in [3.63, 3.8) is 0 Å². The molecule has 0 N–H and O–H groups in total. The SMILES string of the molecule is CCCCCCC(C(=O)OCC)C(C#N)(CCCCCC)C(=O)OCC. The van der Waals surface area contributed by atoms with E-state index in [1.54, 1.807) is 13.8 Å². The smallest absolute Gasteiger partial charge is 0.327 e. The zero-order chi connectivity index (χ0) is 19.8. The fourth-order valence-electron chi connectivity index (χ4n) is 3.27. The fourth-order valence-corrected chi connectivity index (χ4v) is 3.27. The molecular formula is C21H37NO4. The second kappa shape index (κ2) is 14.6.